The molecule has 2 aliphatic rings. The molecule has 0 spiro atoms. The molecule has 0 saturated carbocycles. The summed E-state index contributed by atoms with van der Waals surface area (Å²) in [5.41, 5.74) is 2.46. The van der Waals surface area contributed by atoms with Crippen molar-refractivity contribution in [2.75, 3.05) is 18.4 Å². The van der Waals surface area contributed by atoms with Gasteiger partial charge in [-0.05, 0) is 54.4 Å². The van der Waals surface area contributed by atoms with E-state index in [9.17, 15) is 18.8 Å². The summed E-state index contributed by atoms with van der Waals surface area (Å²) in [7, 11) is 0. The maximum Gasteiger partial charge on any atom is 0.322 e. The Labute approximate surface area is 254 Å². The fourth-order valence-corrected chi connectivity index (χ4v) is 5.69. The predicted molar refractivity (Wildman–Crippen MR) is 164 cm³/mol. The van der Waals surface area contributed by atoms with E-state index in [1.54, 1.807) is 18.2 Å². The number of benzene rings is 4. The number of ether oxygens (including phenoxy) is 1. The third-order valence-corrected chi connectivity index (χ3v) is 7.82. The number of nitrogens with one attached hydrogen (secondary N) is 2. The summed E-state index contributed by atoms with van der Waals surface area (Å²) in [6.07, 6.45) is 0.200. The molecule has 0 saturated heterocycles. The molecule has 4 amide bonds. The van der Waals surface area contributed by atoms with Gasteiger partial charge < -0.3 is 20.3 Å². The Balaban J connectivity index is 1.34. The highest BCUT2D eigenvalue weighted by Gasteiger charge is 2.47. The Morgan fingerprint density at radius 1 is 0.932 bits per heavy atom. The van der Waals surface area contributed by atoms with Crippen molar-refractivity contribution >= 4 is 23.5 Å². The topological polar surface area (TPSA) is 91.0 Å². The third-order valence-electron chi connectivity index (χ3n) is 7.82. The molecule has 0 aromatic heterocycles. The first-order chi connectivity index (χ1) is 21.4. The van der Waals surface area contributed by atoms with Crippen LogP contribution in [-0.4, -0.2) is 46.8 Å². The Morgan fingerprint density at radius 2 is 1.61 bits per heavy atom. The summed E-state index contributed by atoms with van der Waals surface area (Å²) in [5, 5.41) is 5.67. The molecular weight excluding hydrogens is 559 g/mol. The Kier molecular flexibility index (Phi) is 8.10. The summed E-state index contributed by atoms with van der Waals surface area (Å²) in [5.74, 6) is -0.264. The quantitative estimate of drug-likeness (QED) is 0.248. The van der Waals surface area contributed by atoms with Crippen LogP contribution >= 0.6 is 0 Å². The van der Waals surface area contributed by atoms with Crippen LogP contribution in [0.1, 0.15) is 24.1 Å². The lowest BCUT2D eigenvalue weighted by atomic mass is 9.95. The third kappa shape index (κ3) is 5.76. The van der Waals surface area contributed by atoms with Crippen molar-refractivity contribution in [1.82, 2.24) is 15.1 Å². The number of amides is 4. The van der Waals surface area contributed by atoms with Crippen molar-refractivity contribution < 1.29 is 23.5 Å². The molecule has 4 aromatic rings. The maximum atomic E-state index is 14.5. The first-order valence-electron chi connectivity index (χ1n) is 14.5. The van der Waals surface area contributed by atoms with E-state index in [2.05, 4.69) is 10.6 Å². The van der Waals surface area contributed by atoms with Crippen LogP contribution in [-0.2, 0) is 16.0 Å². The zero-order chi connectivity index (χ0) is 30.6. The van der Waals surface area contributed by atoms with Crippen LogP contribution in [0, 0.1) is 5.82 Å². The van der Waals surface area contributed by atoms with Crippen LogP contribution in [0.25, 0.3) is 0 Å². The number of hydrogen-bond acceptors (Lipinski definition) is 4. The lowest BCUT2D eigenvalue weighted by Gasteiger charge is -2.33. The molecule has 222 valence electrons. The number of halogens is 1. The van der Waals surface area contributed by atoms with Crippen molar-refractivity contribution in [1.29, 1.82) is 0 Å². The van der Waals surface area contributed by atoms with Gasteiger partial charge in [-0.25, -0.2) is 9.18 Å². The molecule has 2 aliphatic heterocycles. The van der Waals surface area contributed by atoms with Gasteiger partial charge in [-0.1, -0.05) is 72.8 Å². The highest BCUT2D eigenvalue weighted by atomic mass is 19.1. The molecule has 9 heteroatoms. The number of para-hydroxylation sites is 2. The first-order valence-corrected chi connectivity index (χ1v) is 14.5. The number of urea groups is 1. The van der Waals surface area contributed by atoms with E-state index in [1.165, 1.54) is 28.0 Å². The average molecular weight is 591 g/mol. The second kappa shape index (κ2) is 12.4. The van der Waals surface area contributed by atoms with Crippen molar-refractivity contribution in [2.45, 2.75) is 25.4 Å². The standard InChI is InChI=1S/C35H31FN4O4/c1-2-39-30-22-40(29(20-23-12-5-3-6-13-23)33(41)37-28-19-10-9-18-27(28)36)34(42)31(30)32(38-35(39)43)24-14-11-17-26(21-24)44-25-15-7-4-8-16-25/h3-19,21,29,32H,2,20,22H2,1H3,(H,37,41)(H,38,43). The van der Waals surface area contributed by atoms with Gasteiger partial charge in [-0.2, -0.15) is 0 Å². The van der Waals surface area contributed by atoms with E-state index in [0.29, 0.717) is 34.9 Å². The van der Waals surface area contributed by atoms with Crippen LogP contribution in [0.3, 0.4) is 0 Å². The van der Waals surface area contributed by atoms with Gasteiger partial charge >= 0.3 is 6.03 Å². The van der Waals surface area contributed by atoms with E-state index in [1.807, 2.05) is 79.7 Å². The lowest BCUT2D eigenvalue weighted by Crippen LogP contribution is -2.47. The van der Waals surface area contributed by atoms with Gasteiger partial charge in [0.05, 0.1) is 29.5 Å². The molecule has 0 fully saturated rings. The SMILES string of the molecule is CCN1C(=O)NC(c2cccc(Oc3ccccc3)c2)C2=C1CN(C(Cc1ccccc1)C(=O)Nc1ccccc1F)C2=O. The maximum absolute atomic E-state index is 14.5. The zero-order valence-corrected chi connectivity index (χ0v) is 24.1. The van der Waals surface area contributed by atoms with Crippen molar-refractivity contribution in [2.24, 2.45) is 0 Å². The summed E-state index contributed by atoms with van der Waals surface area (Å²) in [4.78, 5) is 44.4. The number of anilines is 1. The van der Waals surface area contributed by atoms with Crippen molar-refractivity contribution in [3.8, 4) is 11.5 Å². The Morgan fingerprint density at radius 3 is 2.34 bits per heavy atom. The van der Waals surface area contributed by atoms with Gasteiger partial charge in [0.1, 0.15) is 23.4 Å². The Bertz CT molecular complexity index is 1730. The fourth-order valence-electron chi connectivity index (χ4n) is 5.69. The predicted octanol–water partition coefficient (Wildman–Crippen LogP) is 6.05. The highest BCUT2D eigenvalue weighted by Crippen LogP contribution is 2.38. The monoisotopic (exact) mass is 590 g/mol. The van der Waals surface area contributed by atoms with E-state index >= 15 is 0 Å². The molecule has 2 heterocycles. The first kappa shape index (κ1) is 28.7. The summed E-state index contributed by atoms with van der Waals surface area (Å²) >= 11 is 0. The minimum absolute atomic E-state index is 0.0278. The summed E-state index contributed by atoms with van der Waals surface area (Å²) < 4.78 is 20.5. The highest BCUT2D eigenvalue weighted by molar-refractivity contribution is 6.05. The van der Waals surface area contributed by atoms with Gasteiger partial charge in [0, 0.05) is 13.0 Å². The second-order valence-corrected chi connectivity index (χ2v) is 10.6. The average Bonchev–Trinajstić information content (AvgIpc) is 3.38. The summed E-state index contributed by atoms with van der Waals surface area (Å²) in [6.45, 7) is 2.22. The van der Waals surface area contributed by atoms with Gasteiger partial charge in [0.25, 0.3) is 5.91 Å². The molecule has 0 bridgehead atoms. The molecule has 0 radical (unpaired) electrons. The minimum atomic E-state index is -0.975. The molecule has 0 aliphatic carbocycles. The lowest BCUT2D eigenvalue weighted by molar-refractivity contribution is -0.134. The fraction of sp³-hybridized carbons (Fsp3) is 0.171. The summed E-state index contributed by atoms with van der Waals surface area (Å²) in [6, 6.07) is 29.7. The van der Waals surface area contributed by atoms with E-state index in [0.717, 1.165) is 5.56 Å². The molecule has 44 heavy (non-hydrogen) atoms. The number of carbonyl (C=O) groups excluding carboxylic acids is 3. The Hall–Kier alpha value is -5.44. The molecule has 2 N–H and O–H groups in total. The van der Waals surface area contributed by atoms with Crippen LogP contribution in [0.2, 0.25) is 0 Å². The van der Waals surface area contributed by atoms with Crippen LogP contribution in [0.5, 0.6) is 11.5 Å². The van der Waals surface area contributed by atoms with Crippen molar-refractivity contribution in [3.63, 3.8) is 0 Å². The zero-order valence-electron chi connectivity index (χ0n) is 24.1. The number of carbonyl (C=O) groups is 3. The molecular formula is C35H31FN4O4. The largest absolute Gasteiger partial charge is 0.457 e. The molecule has 4 aromatic carbocycles. The second-order valence-electron chi connectivity index (χ2n) is 10.6. The van der Waals surface area contributed by atoms with Crippen LogP contribution in [0.4, 0.5) is 14.9 Å². The molecule has 2 atom stereocenters. The van der Waals surface area contributed by atoms with Gasteiger partial charge in [0.15, 0.2) is 0 Å². The van der Waals surface area contributed by atoms with E-state index in [-0.39, 0.29) is 30.6 Å². The number of likely N-dealkylation sites (N-methyl/N-ethyl adjacent to an activating group) is 1. The number of rotatable bonds is 9. The number of hydrogen-bond donors (Lipinski definition) is 2. The van der Waals surface area contributed by atoms with E-state index in [4.69, 9.17) is 4.74 Å². The normalized spacial score (nSPS) is 16.8. The van der Waals surface area contributed by atoms with E-state index < -0.39 is 23.8 Å². The van der Waals surface area contributed by atoms with Crippen LogP contribution < -0.4 is 15.4 Å². The van der Waals surface area contributed by atoms with Crippen LogP contribution in [0.15, 0.2) is 120 Å². The van der Waals surface area contributed by atoms with Gasteiger partial charge in [-0.15, -0.1) is 0 Å². The number of nitrogens with zero attached hydrogens (tertiary/aromatic N) is 2. The smallest absolute Gasteiger partial charge is 0.322 e. The minimum Gasteiger partial charge on any atom is -0.457 e. The van der Waals surface area contributed by atoms with Gasteiger partial charge in [0.2, 0.25) is 5.91 Å². The molecule has 2 unspecified atom stereocenters. The molecule has 6 rings (SSSR count). The van der Waals surface area contributed by atoms with Gasteiger partial charge in [-0.3, -0.25) is 14.5 Å². The van der Waals surface area contributed by atoms with Crippen molar-refractivity contribution in [3.05, 3.63) is 137 Å². The molecule has 8 nitrogen and oxygen atoms in total.